The lowest BCUT2D eigenvalue weighted by molar-refractivity contribution is -0.121. The zero-order valence-electron chi connectivity index (χ0n) is 21.8. The number of nitrogens with one attached hydrogen (secondary N) is 3. The second-order valence-electron chi connectivity index (χ2n) is 10.8. The van der Waals surface area contributed by atoms with Gasteiger partial charge in [-0.2, -0.15) is 5.10 Å². The molecule has 7 rings (SSSR count). The second kappa shape index (κ2) is 9.72. The Kier molecular flexibility index (Phi) is 5.91. The van der Waals surface area contributed by atoms with E-state index in [1.165, 1.54) is 24.8 Å². The zero-order chi connectivity index (χ0) is 26.3. The van der Waals surface area contributed by atoms with Crippen molar-refractivity contribution in [3.05, 3.63) is 65.9 Å². The summed E-state index contributed by atoms with van der Waals surface area (Å²) in [5, 5.41) is 12.0. The van der Waals surface area contributed by atoms with Crippen molar-refractivity contribution in [2.75, 3.05) is 18.0 Å². The number of anilines is 1. The van der Waals surface area contributed by atoms with Crippen molar-refractivity contribution in [2.45, 2.75) is 44.9 Å². The molecule has 3 aliphatic rings. The van der Waals surface area contributed by atoms with Gasteiger partial charge in [0.15, 0.2) is 0 Å². The van der Waals surface area contributed by atoms with E-state index in [1.54, 1.807) is 6.20 Å². The number of amides is 1. The number of nitrogens with two attached hydrogens (primary N) is 1. The van der Waals surface area contributed by atoms with E-state index in [0.29, 0.717) is 5.69 Å². The van der Waals surface area contributed by atoms with E-state index in [0.717, 1.165) is 89.1 Å². The summed E-state index contributed by atoms with van der Waals surface area (Å²) in [5.74, 6) is 0.203. The number of aromatic amines is 2. The van der Waals surface area contributed by atoms with E-state index in [2.05, 4.69) is 42.5 Å². The summed E-state index contributed by atoms with van der Waals surface area (Å²) in [6, 6.07) is 6.04. The van der Waals surface area contributed by atoms with Crippen molar-refractivity contribution < 1.29 is 4.79 Å². The number of nitrogens with zero attached hydrogens (tertiary/aromatic N) is 4. The molecule has 3 fully saturated rings. The van der Waals surface area contributed by atoms with Gasteiger partial charge in [-0.05, 0) is 75.3 Å². The first-order chi connectivity index (χ1) is 19.2. The van der Waals surface area contributed by atoms with Crippen molar-refractivity contribution in [3.8, 4) is 11.4 Å². The number of hydrogen-bond acceptors (Lipinski definition) is 6. The minimum atomic E-state index is 0.0767. The van der Waals surface area contributed by atoms with E-state index < -0.39 is 0 Å². The quantitative estimate of drug-likeness (QED) is 0.256. The highest BCUT2D eigenvalue weighted by Crippen LogP contribution is 2.34. The van der Waals surface area contributed by atoms with Crippen molar-refractivity contribution in [2.24, 2.45) is 11.7 Å². The van der Waals surface area contributed by atoms with Gasteiger partial charge in [0.2, 0.25) is 5.91 Å². The number of carbonyl (C=O) groups excluding carboxylic acids is 1. The summed E-state index contributed by atoms with van der Waals surface area (Å²) in [6.45, 7) is 2.11. The van der Waals surface area contributed by atoms with Crippen molar-refractivity contribution >= 4 is 39.1 Å². The average Bonchev–Trinajstić information content (AvgIpc) is 3.89. The monoisotopic (exact) mass is 520 g/mol. The Labute approximate surface area is 226 Å². The largest absolute Gasteiger partial charge is 0.404 e. The van der Waals surface area contributed by atoms with Crippen LogP contribution < -0.4 is 16.0 Å². The fourth-order valence-electron chi connectivity index (χ4n) is 5.31. The number of rotatable bonds is 7. The molecule has 0 radical (unpaired) electrons. The van der Waals surface area contributed by atoms with Gasteiger partial charge in [-0.15, -0.1) is 0 Å². The van der Waals surface area contributed by atoms with Crippen LogP contribution in [0.5, 0.6) is 0 Å². The Morgan fingerprint density at radius 2 is 1.95 bits per heavy atom. The Morgan fingerprint density at radius 1 is 1.10 bits per heavy atom. The maximum Gasteiger partial charge on any atom is 0.227 e. The number of carbonyl (C=O) groups is 1. The molecule has 4 aromatic rings. The first-order valence-electron chi connectivity index (χ1n) is 13.9. The Morgan fingerprint density at radius 3 is 2.72 bits per heavy atom. The zero-order valence-corrected chi connectivity index (χ0v) is 21.8. The smallest absolute Gasteiger partial charge is 0.227 e. The molecule has 9 nitrogen and oxygen atoms in total. The van der Waals surface area contributed by atoms with Crippen LogP contribution in [0.4, 0.5) is 5.69 Å². The number of aromatic nitrogens is 5. The first-order valence-corrected chi connectivity index (χ1v) is 13.9. The molecule has 0 aromatic carbocycles. The molecule has 5 N–H and O–H groups in total. The third kappa shape index (κ3) is 4.80. The van der Waals surface area contributed by atoms with Crippen LogP contribution in [0, 0.1) is 5.92 Å². The highest BCUT2D eigenvalue weighted by Gasteiger charge is 2.30. The lowest BCUT2D eigenvalue weighted by Crippen LogP contribution is -2.29. The molecule has 2 aliphatic carbocycles. The summed E-state index contributed by atoms with van der Waals surface area (Å²) >= 11 is 0. The summed E-state index contributed by atoms with van der Waals surface area (Å²) in [4.78, 5) is 27.9. The fourth-order valence-corrected chi connectivity index (χ4v) is 5.31. The van der Waals surface area contributed by atoms with Gasteiger partial charge in [0.1, 0.15) is 11.2 Å². The van der Waals surface area contributed by atoms with Gasteiger partial charge in [-0.25, -0.2) is 4.98 Å². The number of H-pyrrole nitrogens is 2. The van der Waals surface area contributed by atoms with Crippen LogP contribution in [0.2, 0.25) is 0 Å². The summed E-state index contributed by atoms with van der Waals surface area (Å²) in [7, 11) is 0. The molecule has 1 saturated heterocycles. The molecule has 2 saturated carbocycles. The molecule has 39 heavy (non-hydrogen) atoms. The average molecular weight is 521 g/mol. The van der Waals surface area contributed by atoms with E-state index in [-0.39, 0.29) is 11.8 Å². The Balaban J connectivity index is 1.24. The Hall–Kier alpha value is -4.40. The molecule has 4 aromatic heterocycles. The molecule has 1 amide bonds. The topological polar surface area (TPSA) is 129 Å². The third-order valence-electron chi connectivity index (χ3n) is 7.78. The van der Waals surface area contributed by atoms with Gasteiger partial charge in [0, 0.05) is 41.9 Å². The standard InChI is InChI=1S/C30H32N8O/c31-15-20(13-21(12-18-4-5-18)33-30(39)19-6-7-19)23-8-9-24-28(35-23)29(37-36-24)25-14-22-26(34-25)16-32-17-27(22)38-10-2-1-3-11-38/h8-9,12-17,19,34H,1-7,10-11,31H2,(H,33,39)(H,36,37)/b20-15+,21-13+. The molecule has 0 atom stereocenters. The van der Waals surface area contributed by atoms with E-state index in [1.807, 2.05) is 30.6 Å². The molecule has 1 aliphatic heterocycles. The molecule has 5 heterocycles. The van der Waals surface area contributed by atoms with Crippen LogP contribution in [-0.4, -0.2) is 44.1 Å². The second-order valence-corrected chi connectivity index (χ2v) is 10.8. The highest BCUT2D eigenvalue weighted by molar-refractivity contribution is 5.98. The maximum absolute atomic E-state index is 12.5. The van der Waals surface area contributed by atoms with Crippen molar-refractivity contribution in [1.29, 1.82) is 0 Å². The number of allylic oxidation sites excluding steroid dienone is 4. The van der Waals surface area contributed by atoms with Crippen LogP contribution in [0.15, 0.2) is 60.2 Å². The lowest BCUT2D eigenvalue weighted by Gasteiger charge is -2.28. The van der Waals surface area contributed by atoms with Crippen LogP contribution in [0.3, 0.4) is 0 Å². The first kappa shape index (κ1) is 23.7. The molecule has 198 valence electrons. The number of piperidine rings is 1. The van der Waals surface area contributed by atoms with Crippen LogP contribution >= 0.6 is 0 Å². The van der Waals surface area contributed by atoms with E-state index in [4.69, 9.17) is 10.7 Å². The molecular weight excluding hydrogens is 488 g/mol. The van der Waals surface area contributed by atoms with Gasteiger partial charge in [0.25, 0.3) is 0 Å². The van der Waals surface area contributed by atoms with Gasteiger partial charge in [-0.1, -0.05) is 5.57 Å². The van der Waals surface area contributed by atoms with Crippen molar-refractivity contribution in [1.82, 2.24) is 30.5 Å². The molecule has 0 spiro atoms. The lowest BCUT2D eigenvalue weighted by atomic mass is 10.1. The summed E-state index contributed by atoms with van der Waals surface area (Å²) < 4.78 is 0. The number of fused-ring (bicyclic) bond motifs is 2. The summed E-state index contributed by atoms with van der Waals surface area (Å²) in [6.07, 6.45) is 17.1. The number of pyridine rings is 2. The van der Waals surface area contributed by atoms with Gasteiger partial charge in [-0.3, -0.25) is 14.9 Å². The minimum Gasteiger partial charge on any atom is -0.404 e. The molecular formula is C30H32N8O. The fraction of sp³-hybridized carbons (Fsp3) is 0.333. The van der Waals surface area contributed by atoms with Crippen LogP contribution in [0.25, 0.3) is 38.9 Å². The summed E-state index contributed by atoms with van der Waals surface area (Å²) in [5.41, 5.74) is 15.0. The van der Waals surface area contributed by atoms with Crippen molar-refractivity contribution in [3.63, 3.8) is 0 Å². The van der Waals surface area contributed by atoms with Gasteiger partial charge in [0.05, 0.1) is 40.5 Å². The van der Waals surface area contributed by atoms with Crippen LogP contribution in [-0.2, 0) is 4.79 Å². The predicted octanol–water partition coefficient (Wildman–Crippen LogP) is 4.92. The maximum atomic E-state index is 12.5. The van der Waals surface area contributed by atoms with Crippen LogP contribution in [0.1, 0.15) is 50.6 Å². The number of hydrogen-bond donors (Lipinski definition) is 4. The van der Waals surface area contributed by atoms with Gasteiger partial charge >= 0.3 is 0 Å². The van der Waals surface area contributed by atoms with E-state index in [9.17, 15) is 4.79 Å². The molecule has 0 bridgehead atoms. The highest BCUT2D eigenvalue weighted by atomic mass is 16.2. The normalized spacial score (nSPS) is 18.2. The van der Waals surface area contributed by atoms with E-state index >= 15 is 0 Å². The molecule has 9 heteroatoms. The van der Waals surface area contributed by atoms with Gasteiger partial charge < -0.3 is 20.9 Å². The predicted molar refractivity (Wildman–Crippen MR) is 153 cm³/mol. The third-order valence-corrected chi connectivity index (χ3v) is 7.78. The molecule has 0 unspecified atom stereocenters. The SMILES string of the molecule is N/C=C(\C=C(/C=C1CC1)NC(=O)C1CC1)c1ccc2[nH]nc(-c3cc4c(N5CCCCC5)cncc4[nH]3)c2n1. The Bertz CT molecular complexity index is 1660. The minimum absolute atomic E-state index is 0.0767.